The Balaban J connectivity index is 1.56. The molecule has 2 N–H and O–H groups in total. The van der Waals surface area contributed by atoms with E-state index in [1.54, 1.807) is 12.1 Å². The molecular formula is C17H16N4O3. The summed E-state index contributed by atoms with van der Waals surface area (Å²) in [5.74, 6) is 1.01. The number of hydrogen-bond acceptors (Lipinski definition) is 5. The molecule has 1 amide bonds. The fraction of sp³-hybridized carbons (Fsp3) is 0.118. The Kier molecular flexibility index (Phi) is 5.03. The second kappa shape index (κ2) is 7.77. The van der Waals surface area contributed by atoms with Crippen LogP contribution in [-0.4, -0.2) is 27.7 Å². The van der Waals surface area contributed by atoms with Gasteiger partial charge < -0.3 is 9.47 Å². The number of carbonyl (C=O) groups is 1. The molecule has 0 unspecified atom stereocenters. The van der Waals surface area contributed by atoms with Crippen molar-refractivity contribution >= 4 is 11.9 Å². The van der Waals surface area contributed by atoms with Crippen molar-refractivity contribution in [3.63, 3.8) is 0 Å². The molecule has 3 aromatic rings. The van der Waals surface area contributed by atoms with Crippen LogP contribution in [-0.2, 0) is 11.4 Å². The molecule has 1 aromatic heterocycles. The number of nitrogens with one attached hydrogen (secondary N) is 2. The van der Waals surface area contributed by atoms with E-state index in [2.05, 4.69) is 20.5 Å². The molecule has 0 atom stereocenters. The van der Waals surface area contributed by atoms with Crippen LogP contribution < -0.4 is 14.8 Å². The lowest BCUT2D eigenvalue weighted by molar-refractivity contribution is -0.118. The molecule has 0 bridgehead atoms. The molecule has 0 fully saturated rings. The van der Waals surface area contributed by atoms with E-state index in [1.165, 1.54) is 6.33 Å². The first-order chi connectivity index (χ1) is 11.8. The van der Waals surface area contributed by atoms with Gasteiger partial charge in [0.2, 0.25) is 5.95 Å². The van der Waals surface area contributed by atoms with Crippen LogP contribution in [0.15, 0.2) is 60.9 Å². The molecule has 7 heteroatoms. The van der Waals surface area contributed by atoms with Crippen molar-refractivity contribution in [2.45, 2.75) is 6.61 Å². The Morgan fingerprint density at radius 2 is 1.71 bits per heavy atom. The van der Waals surface area contributed by atoms with E-state index in [4.69, 9.17) is 9.47 Å². The van der Waals surface area contributed by atoms with Gasteiger partial charge in [-0.15, -0.1) is 0 Å². The number of amides is 1. The first-order valence-corrected chi connectivity index (χ1v) is 7.35. The minimum atomic E-state index is -0.343. The number of aromatic amines is 1. The molecule has 0 spiro atoms. The quantitative estimate of drug-likeness (QED) is 0.696. The van der Waals surface area contributed by atoms with E-state index >= 15 is 0 Å². The minimum absolute atomic E-state index is 0.160. The molecule has 7 nitrogen and oxygen atoms in total. The standard InChI is InChI=1S/C17H16N4O3/c22-16(20-17-18-12-19-21-17)11-24-15-9-5-4-8-14(15)23-10-13-6-2-1-3-7-13/h1-9,12H,10-11H2,(H2,18,19,20,21,22). The van der Waals surface area contributed by atoms with Crippen molar-refractivity contribution in [2.24, 2.45) is 0 Å². The van der Waals surface area contributed by atoms with Crippen LogP contribution in [0.5, 0.6) is 11.5 Å². The summed E-state index contributed by atoms with van der Waals surface area (Å²) < 4.78 is 11.3. The third kappa shape index (κ3) is 4.33. The van der Waals surface area contributed by atoms with Crippen LogP contribution in [0.25, 0.3) is 0 Å². The van der Waals surface area contributed by atoms with Crippen molar-refractivity contribution in [2.75, 3.05) is 11.9 Å². The molecule has 0 saturated carbocycles. The van der Waals surface area contributed by atoms with Gasteiger partial charge in [-0.05, 0) is 17.7 Å². The van der Waals surface area contributed by atoms with Gasteiger partial charge in [0.25, 0.3) is 5.91 Å². The Labute approximate surface area is 138 Å². The van der Waals surface area contributed by atoms with Crippen LogP contribution in [0.3, 0.4) is 0 Å². The van der Waals surface area contributed by atoms with E-state index in [0.29, 0.717) is 18.1 Å². The number of hydrogen-bond donors (Lipinski definition) is 2. The number of rotatable bonds is 7. The molecule has 0 aliphatic carbocycles. The van der Waals surface area contributed by atoms with E-state index in [-0.39, 0.29) is 18.5 Å². The van der Waals surface area contributed by atoms with Crippen LogP contribution in [0.2, 0.25) is 0 Å². The highest BCUT2D eigenvalue weighted by atomic mass is 16.5. The number of para-hydroxylation sites is 2. The predicted molar refractivity (Wildman–Crippen MR) is 87.7 cm³/mol. The molecular weight excluding hydrogens is 308 g/mol. The monoisotopic (exact) mass is 324 g/mol. The number of nitrogens with zero attached hydrogens (tertiary/aromatic N) is 2. The van der Waals surface area contributed by atoms with Crippen LogP contribution in [0.4, 0.5) is 5.95 Å². The Hall–Kier alpha value is -3.35. The highest BCUT2D eigenvalue weighted by molar-refractivity contribution is 5.90. The zero-order chi connectivity index (χ0) is 16.6. The molecule has 0 saturated heterocycles. The zero-order valence-electron chi connectivity index (χ0n) is 12.8. The van der Waals surface area contributed by atoms with Gasteiger partial charge in [0.05, 0.1) is 0 Å². The normalized spacial score (nSPS) is 10.2. The Morgan fingerprint density at radius 1 is 1.00 bits per heavy atom. The molecule has 0 aliphatic heterocycles. The SMILES string of the molecule is O=C(COc1ccccc1OCc1ccccc1)Nc1ncn[nH]1. The maximum Gasteiger partial charge on any atom is 0.264 e. The highest BCUT2D eigenvalue weighted by Crippen LogP contribution is 2.27. The lowest BCUT2D eigenvalue weighted by atomic mass is 10.2. The van der Waals surface area contributed by atoms with Gasteiger partial charge in [-0.1, -0.05) is 42.5 Å². The minimum Gasteiger partial charge on any atom is -0.485 e. The molecule has 2 aromatic carbocycles. The average molecular weight is 324 g/mol. The van der Waals surface area contributed by atoms with Crippen LogP contribution in [0, 0.1) is 0 Å². The fourth-order valence-corrected chi connectivity index (χ4v) is 2.00. The van der Waals surface area contributed by atoms with Gasteiger partial charge in [0, 0.05) is 0 Å². The van der Waals surface area contributed by atoms with Gasteiger partial charge in [-0.3, -0.25) is 10.1 Å². The highest BCUT2D eigenvalue weighted by Gasteiger charge is 2.09. The topological polar surface area (TPSA) is 89.1 Å². The summed E-state index contributed by atoms with van der Waals surface area (Å²) in [4.78, 5) is 15.6. The maximum atomic E-state index is 11.8. The second-order valence-corrected chi connectivity index (χ2v) is 4.89. The van der Waals surface area contributed by atoms with Crippen molar-refractivity contribution < 1.29 is 14.3 Å². The van der Waals surface area contributed by atoms with Gasteiger partial charge >= 0.3 is 0 Å². The number of benzene rings is 2. The first-order valence-electron chi connectivity index (χ1n) is 7.35. The number of anilines is 1. The summed E-state index contributed by atoms with van der Waals surface area (Å²) in [6.07, 6.45) is 1.31. The largest absolute Gasteiger partial charge is 0.485 e. The summed E-state index contributed by atoms with van der Waals surface area (Å²) >= 11 is 0. The van der Waals surface area contributed by atoms with E-state index in [9.17, 15) is 4.79 Å². The molecule has 3 rings (SSSR count). The molecule has 0 radical (unpaired) electrons. The summed E-state index contributed by atoms with van der Waals surface area (Å²) in [6.45, 7) is 0.262. The lowest BCUT2D eigenvalue weighted by Crippen LogP contribution is -2.21. The molecule has 24 heavy (non-hydrogen) atoms. The number of ether oxygens (including phenoxy) is 2. The van der Waals surface area contributed by atoms with E-state index < -0.39 is 0 Å². The van der Waals surface area contributed by atoms with Crippen molar-refractivity contribution in [1.82, 2.24) is 15.2 Å². The third-order valence-corrected chi connectivity index (χ3v) is 3.12. The molecule has 1 heterocycles. The van der Waals surface area contributed by atoms with Gasteiger partial charge in [-0.25, -0.2) is 5.10 Å². The number of aromatic nitrogens is 3. The van der Waals surface area contributed by atoms with Crippen LogP contribution >= 0.6 is 0 Å². The van der Waals surface area contributed by atoms with Crippen molar-refractivity contribution in [1.29, 1.82) is 0 Å². The van der Waals surface area contributed by atoms with E-state index in [1.807, 2.05) is 42.5 Å². The van der Waals surface area contributed by atoms with Crippen LogP contribution in [0.1, 0.15) is 5.56 Å². The smallest absolute Gasteiger partial charge is 0.264 e. The summed E-state index contributed by atoms with van der Waals surface area (Å²) in [5, 5.41) is 8.73. The third-order valence-electron chi connectivity index (χ3n) is 3.12. The Morgan fingerprint density at radius 3 is 2.42 bits per heavy atom. The molecule has 0 aliphatic rings. The summed E-state index contributed by atoms with van der Waals surface area (Å²) in [6, 6.07) is 17.0. The number of carbonyl (C=O) groups excluding carboxylic acids is 1. The van der Waals surface area contributed by atoms with Gasteiger partial charge in [-0.2, -0.15) is 10.1 Å². The second-order valence-electron chi connectivity index (χ2n) is 4.89. The lowest BCUT2D eigenvalue weighted by Gasteiger charge is -2.12. The van der Waals surface area contributed by atoms with E-state index in [0.717, 1.165) is 5.56 Å². The summed E-state index contributed by atoms with van der Waals surface area (Å²) in [5.41, 5.74) is 1.05. The van der Waals surface area contributed by atoms with Gasteiger partial charge in [0.1, 0.15) is 12.9 Å². The predicted octanol–water partition coefficient (Wildman–Crippen LogP) is 2.40. The zero-order valence-corrected chi connectivity index (χ0v) is 12.8. The first kappa shape index (κ1) is 15.5. The molecule has 122 valence electrons. The Bertz CT molecular complexity index is 776. The van der Waals surface area contributed by atoms with Crippen molar-refractivity contribution in [3.05, 3.63) is 66.5 Å². The number of H-pyrrole nitrogens is 1. The van der Waals surface area contributed by atoms with Gasteiger partial charge in [0.15, 0.2) is 18.1 Å². The summed E-state index contributed by atoms with van der Waals surface area (Å²) in [7, 11) is 0. The maximum absolute atomic E-state index is 11.8. The fourth-order valence-electron chi connectivity index (χ4n) is 2.00. The van der Waals surface area contributed by atoms with Crippen molar-refractivity contribution in [3.8, 4) is 11.5 Å². The average Bonchev–Trinajstić information content (AvgIpc) is 3.13.